The molecule has 1 fully saturated rings. The number of anilines is 1. The van der Waals surface area contributed by atoms with Crippen molar-refractivity contribution in [3.8, 4) is 5.75 Å². The number of benzene rings is 2. The molecule has 1 amide bonds. The Kier molecular flexibility index (Phi) is 6.16. The van der Waals surface area contributed by atoms with Crippen molar-refractivity contribution in [2.75, 3.05) is 19.1 Å². The fourth-order valence-electron chi connectivity index (χ4n) is 3.71. The average Bonchev–Trinajstić information content (AvgIpc) is 3.35. The third kappa shape index (κ3) is 3.81. The van der Waals surface area contributed by atoms with Gasteiger partial charge in [-0.05, 0) is 25.1 Å². The Balaban J connectivity index is 1.96. The number of esters is 1. The minimum Gasteiger partial charge on any atom is -0.507 e. The molecular formula is C24H19FN2O6S. The number of hydrogen-bond acceptors (Lipinski definition) is 8. The van der Waals surface area contributed by atoms with Crippen molar-refractivity contribution in [1.29, 1.82) is 0 Å². The van der Waals surface area contributed by atoms with Gasteiger partial charge in [0.25, 0.3) is 5.78 Å². The van der Waals surface area contributed by atoms with Gasteiger partial charge in [0, 0.05) is 11.1 Å². The largest absolute Gasteiger partial charge is 0.507 e. The molecule has 4 rings (SSSR count). The zero-order valence-corrected chi connectivity index (χ0v) is 19.2. The SMILES string of the molecule is COC(=O)c1sc(N2C(=O)C(=O)/C(=C(/O)c3cccc(OC)c3)[C@@H]2c2ccccc2F)nc1C. The molecule has 10 heteroatoms. The summed E-state index contributed by atoms with van der Waals surface area (Å²) in [5.74, 6) is -3.44. The summed E-state index contributed by atoms with van der Waals surface area (Å²) < 4.78 is 24.9. The van der Waals surface area contributed by atoms with E-state index in [-0.39, 0.29) is 32.4 Å². The minimum absolute atomic E-state index is 0.00190. The molecule has 0 spiro atoms. The maximum absolute atomic E-state index is 14.9. The summed E-state index contributed by atoms with van der Waals surface area (Å²) in [6, 6.07) is 10.6. The van der Waals surface area contributed by atoms with E-state index in [1.165, 1.54) is 44.6 Å². The highest BCUT2D eigenvalue weighted by Crippen LogP contribution is 2.44. The zero-order chi connectivity index (χ0) is 24.6. The average molecular weight is 482 g/mol. The molecule has 0 aliphatic carbocycles. The van der Waals surface area contributed by atoms with Gasteiger partial charge in [-0.3, -0.25) is 14.5 Å². The smallest absolute Gasteiger partial charge is 0.350 e. The molecule has 1 saturated heterocycles. The lowest BCUT2D eigenvalue weighted by atomic mass is 9.95. The number of aryl methyl sites for hydroxylation is 1. The van der Waals surface area contributed by atoms with Crippen LogP contribution in [0.25, 0.3) is 5.76 Å². The quantitative estimate of drug-likeness (QED) is 0.253. The fraction of sp³-hybridized carbons (Fsp3) is 0.167. The normalized spacial score (nSPS) is 17.2. The van der Waals surface area contributed by atoms with Crippen molar-refractivity contribution >= 4 is 39.9 Å². The summed E-state index contributed by atoms with van der Waals surface area (Å²) in [7, 11) is 2.65. The first-order valence-corrected chi connectivity index (χ1v) is 10.9. The highest BCUT2D eigenvalue weighted by atomic mass is 32.1. The summed E-state index contributed by atoms with van der Waals surface area (Å²) in [5, 5.41) is 11.1. The van der Waals surface area contributed by atoms with Crippen molar-refractivity contribution in [2.45, 2.75) is 13.0 Å². The number of methoxy groups -OCH3 is 2. The van der Waals surface area contributed by atoms with Crippen LogP contribution in [0.4, 0.5) is 9.52 Å². The third-order valence-electron chi connectivity index (χ3n) is 5.35. The Labute approximate surface area is 197 Å². The molecule has 3 aromatic rings. The van der Waals surface area contributed by atoms with Gasteiger partial charge in [-0.15, -0.1) is 0 Å². The molecule has 174 valence electrons. The topological polar surface area (TPSA) is 106 Å². The number of aliphatic hydroxyl groups excluding tert-OH is 1. The lowest BCUT2D eigenvalue weighted by molar-refractivity contribution is -0.132. The van der Waals surface area contributed by atoms with Crippen LogP contribution in [0.3, 0.4) is 0 Å². The van der Waals surface area contributed by atoms with Crippen LogP contribution in [0.5, 0.6) is 5.75 Å². The second-order valence-corrected chi connectivity index (χ2v) is 8.30. The Bertz CT molecular complexity index is 1350. The molecule has 8 nitrogen and oxygen atoms in total. The number of carbonyl (C=O) groups is 3. The van der Waals surface area contributed by atoms with Crippen LogP contribution in [-0.4, -0.2) is 42.0 Å². The van der Waals surface area contributed by atoms with Crippen molar-refractivity contribution in [3.63, 3.8) is 0 Å². The van der Waals surface area contributed by atoms with Gasteiger partial charge in [-0.2, -0.15) is 0 Å². The highest BCUT2D eigenvalue weighted by Gasteiger charge is 2.49. The number of halogens is 1. The lowest BCUT2D eigenvalue weighted by Crippen LogP contribution is -2.29. The van der Waals surface area contributed by atoms with Crippen LogP contribution in [0.15, 0.2) is 54.1 Å². The number of carbonyl (C=O) groups excluding carboxylic acids is 3. The molecule has 1 aliphatic rings. The molecule has 0 radical (unpaired) electrons. The zero-order valence-electron chi connectivity index (χ0n) is 18.4. The summed E-state index contributed by atoms with van der Waals surface area (Å²) in [4.78, 5) is 43.8. The molecule has 2 aromatic carbocycles. The van der Waals surface area contributed by atoms with E-state index in [2.05, 4.69) is 4.98 Å². The molecule has 0 saturated carbocycles. The molecule has 1 aliphatic heterocycles. The molecule has 1 N–H and O–H groups in total. The van der Waals surface area contributed by atoms with Gasteiger partial charge in [0.05, 0.1) is 25.5 Å². The second kappa shape index (κ2) is 9.06. The number of aliphatic hydroxyl groups is 1. The van der Waals surface area contributed by atoms with E-state index in [1.807, 2.05) is 0 Å². The maximum Gasteiger partial charge on any atom is 0.350 e. The number of ketones is 1. The van der Waals surface area contributed by atoms with Gasteiger partial charge >= 0.3 is 11.9 Å². The Morgan fingerprint density at radius 3 is 2.56 bits per heavy atom. The number of Topliss-reactive ketones (excluding diaryl/α,β-unsaturated/α-hetero) is 1. The van der Waals surface area contributed by atoms with Crippen molar-refractivity contribution in [3.05, 3.63) is 81.6 Å². The predicted octanol–water partition coefficient (Wildman–Crippen LogP) is 4.01. The van der Waals surface area contributed by atoms with Crippen LogP contribution in [0.1, 0.15) is 32.5 Å². The van der Waals surface area contributed by atoms with E-state index >= 15 is 0 Å². The predicted molar refractivity (Wildman–Crippen MR) is 122 cm³/mol. The number of rotatable bonds is 5. The van der Waals surface area contributed by atoms with Gasteiger partial charge in [-0.25, -0.2) is 14.2 Å². The molecule has 0 bridgehead atoms. The van der Waals surface area contributed by atoms with E-state index in [1.54, 1.807) is 25.1 Å². The number of amides is 1. The van der Waals surface area contributed by atoms with Crippen molar-refractivity contribution < 1.29 is 33.4 Å². The maximum atomic E-state index is 14.9. The van der Waals surface area contributed by atoms with E-state index in [0.717, 1.165) is 16.2 Å². The Hall–Kier alpha value is -4.05. The molecule has 0 unspecified atom stereocenters. The van der Waals surface area contributed by atoms with Crippen LogP contribution >= 0.6 is 11.3 Å². The molecule has 34 heavy (non-hydrogen) atoms. The van der Waals surface area contributed by atoms with Crippen molar-refractivity contribution in [1.82, 2.24) is 4.98 Å². The molecule has 2 heterocycles. The molecule has 1 aromatic heterocycles. The monoisotopic (exact) mass is 482 g/mol. The summed E-state index contributed by atoms with van der Waals surface area (Å²) in [5.41, 5.74) is 0.174. The van der Waals surface area contributed by atoms with Gasteiger partial charge < -0.3 is 14.6 Å². The van der Waals surface area contributed by atoms with Crippen molar-refractivity contribution in [2.24, 2.45) is 0 Å². The first kappa shape index (κ1) is 23.1. The van der Waals surface area contributed by atoms with Gasteiger partial charge in [-0.1, -0.05) is 41.7 Å². The Morgan fingerprint density at radius 2 is 1.88 bits per heavy atom. The number of nitrogens with zero attached hydrogens (tertiary/aromatic N) is 2. The van der Waals surface area contributed by atoms with E-state index in [9.17, 15) is 23.9 Å². The number of ether oxygens (including phenoxy) is 2. The van der Waals surface area contributed by atoms with Gasteiger partial charge in [0.1, 0.15) is 28.2 Å². The first-order valence-electron chi connectivity index (χ1n) is 10.0. The van der Waals surface area contributed by atoms with E-state index in [4.69, 9.17) is 9.47 Å². The highest BCUT2D eigenvalue weighted by molar-refractivity contribution is 7.17. The first-order chi connectivity index (χ1) is 16.3. The standard InChI is InChI=1S/C24H19FN2O6S/c1-12-21(23(31)33-3)34-24(26-12)27-18(15-9-4-5-10-16(15)25)17(20(29)22(27)30)19(28)13-7-6-8-14(11-13)32-2/h4-11,18,28H,1-3H3/b19-17+/t18-/m0/s1. The van der Waals surface area contributed by atoms with E-state index < -0.39 is 35.3 Å². The third-order valence-corrected chi connectivity index (χ3v) is 6.49. The van der Waals surface area contributed by atoms with Gasteiger partial charge in [0.15, 0.2) is 5.13 Å². The summed E-state index contributed by atoms with van der Waals surface area (Å²) in [6.07, 6.45) is 0. The minimum atomic E-state index is -1.32. The van der Waals surface area contributed by atoms with Crippen LogP contribution in [-0.2, 0) is 14.3 Å². The number of hydrogen-bond donors (Lipinski definition) is 1. The molecular weight excluding hydrogens is 463 g/mol. The number of aromatic nitrogens is 1. The van der Waals surface area contributed by atoms with Gasteiger partial charge in [0.2, 0.25) is 0 Å². The molecule has 1 atom stereocenters. The van der Waals surface area contributed by atoms with E-state index in [0.29, 0.717) is 5.75 Å². The van der Waals surface area contributed by atoms with Crippen LogP contribution in [0, 0.1) is 12.7 Å². The summed E-state index contributed by atoms with van der Waals surface area (Å²) >= 11 is 0.836. The fourth-order valence-corrected chi connectivity index (χ4v) is 4.73. The lowest BCUT2D eigenvalue weighted by Gasteiger charge is -2.23. The Morgan fingerprint density at radius 1 is 1.15 bits per heavy atom. The second-order valence-electron chi connectivity index (χ2n) is 7.33. The van der Waals surface area contributed by atoms with Crippen LogP contribution in [0.2, 0.25) is 0 Å². The summed E-state index contributed by atoms with van der Waals surface area (Å²) in [6.45, 7) is 1.55. The van der Waals surface area contributed by atoms with Crippen LogP contribution < -0.4 is 9.64 Å². The number of thiazole rings is 1.